The molecule has 722 valence electrons. The zero-order valence-corrected chi connectivity index (χ0v) is 89.6. The van der Waals surface area contributed by atoms with Gasteiger partial charge in [-0.1, -0.05) is 314 Å². The molecule has 20 heteroatoms. The molecule has 14 aromatic carbocycles. The Hall–Kier alpha value is -11.6. The Labute approximate surface area is 835 Å². The topological polar surface area (TPSA) is 154 Å². The standard InChI is InChI=1S/C27H40NO2P.C24H26NO2P.2C23H24NO2P.C22H22NO2P/c1-25(2,3)20-15-21(26(4,5)6)24(30-18-29-10)23(16-20)31-22-14-12-11-13-19(22)17-28-27(7,8)9;1-17-13-19(3)23(27-16-26-4)22(14-17)28-24-18(2)9-8-10-20(24)15-25-21-11-6-5-7-12-21;1-17-9-8-14-21(22(17)26-16-25-3)27-23-18(2)10-7-11-19(23)15-24-20-12-5-4-6-13-20;1-17-12-13-21(26-16-25-3)22(14-17)27-23-18(2)8-7-9-19(23)15-24-20-10-5-4-6-11-20;1-17-9-8-10-18(15-23-19-11-4-3-5-12-19)22(17)26-21-14-7-6-13-20(21)25-16-24-2/h11-17,31H,18H2,1-10H3;5-15,28H,16H2,1-4H3;2*4-15,27H,16H2,1-3H3;3-15,26H,16H2,1-2H3. The Morgan fingerprint density at radius 1 is 0.245 bits per heavy atom. The Kier molecular flexibility index (Phi) is 44.1. The van der Waals surface area contributed by atoms with Crippen molar-refractivity contribution in [1.29, 1.82) is 0 Å². The SMILES string of the molecule is COCOc1c(C)cc(C)cc1Pc1c(C)cccc1C=Nc1ccccc1.COCOc1c(C)cccc1Pc1c(C)cccc1C=Nc1ccccc1.COCOc1c(Pc2ccccc2C=NC(C)(C)C)cc(C(C)(C)C)cc1C(C)(C)C.COCOc1ccc(C)cc1Pc1c(C)cccc1C=Nc1ccccc1.COCOc1ccccc1Pc1c(C)cccc1C=Nc1ccccc1. The Morgan fingerprint density at radius 3 is 1.00 bits per heavy atom. The maximum Gasteiger partial charge on any atom is 0.188 e. The highest BCUT2D eigenvalue weighted by Crippen LogP contribution is 2.39. The van der Waals surface area contributed by atoms with E-state index in [4.69, 9.17) is 52.4 Å². The van der Waals surface area contributed by atoms with Crippen LogP contribution in [0.2, 0.25) is 0 Å². The van der Waals surface area contributed by atoms with E-state index >= 15 is 0 Å². The van der Waals surface area contributed by atoms with Crippen molar-refractivity contribution in [2.45, 2.75) is 134 Å². The number of methoxy groups -OCH3 is 5. The molecular weight excluding hydrogens is 1810 g/mol. The summed E-state index contributed by atoms with van der Waals surface area (Å²) in [5.74, 6) is 4.51. The summed E-state index contributed by atoms with van der Waals surface area (Å²) >= 11 is 0. The first-order valence-corrected chi connectivity index (χ1v) is 51.4. The van der Waals surface area contributed by atoms with Gasteiger partial charge in [-0.2, -0.15) is 0 Å². The highest BCUT2D eigenvalue weighted by Gasteiger charge is 2.28. The molecule has 139 heavy (non-hydrogen) atoms. The van der Waals surface area contributed by atoms with Crippen LogP contribution in [0.3, 0.4) is 0 Å². The first-order valence-electron chi connectivity index (χ1n) is 46.4. The lowest BCUT2D eigenvalue weighted by atomic mass is 9.80. The summed E-state index contributed by atoms with van der Waals surface area (Å²) in [4.78, 5) is 23.3. The summed E-state index contributed by atoms with van der Waals surface area (Å²) in [5.41, 5.74) is 21.7. The predicted molar refractivity (Wildman–Crippen MR) is 602 cm³/mol. The molecule has 15 nitrogen and oxygen atoms in total. The van der Waals surface area contributed by atoms with Crippen LogP contribution in [0, 0.1) is 55.4 Å². The van der Waals surface area contributed by atoms with E-state index in [1.54, 1.807) is 35.5 Å². The Morgan fingerprint density at radius 2 is 0.576 bits per heavy atom. The summed E-state index contributed by atoms with van der Waals surface area (Å²) in [5, 5.41) is 12.3. The Balaban J connectivity index is 0.000000179. The normalized spacial score (nSPS) is 12.0. The van der Waals surface area contributed by atoms with Crippen LogP contribution in [0.4, 0.5) is 22.7 Å². The van der Waals surface area contributed by atoms with E-state index in [0.717, 1.165) is 95.7 Å². The van der Waals surface area contributed by atoms with Crippen LogP contribution in [0.15, 0.2) is 328 Å². The summed E-state index contributed by atoms with van der Waals surface area (Å²) in [6, 6.07) is 104. The van der Waals surface area contributed by atoms with Crippen LogP contribution in [0.1, 0.15) is 146 Å². The van der Waals surface area contributed by atoms with Crippen LogP contribution in [0.25, 0.3) is 0 Å². The number of para-hydroxylation sites is 6. The van der Waals surface area contributed by atoms with Crippen LogP contribution < -0.4 is 76.7 Å². The number of aryl methyl sites for hydroxylation is 8. The molecule has 0 aliphatic heterocycles. The molecule has 0 N–H and O–H groups in total. The van der Waals surface area contributed by atoms with Gasteiger partial charge in [0.25, 0.3) is 0 Å². The van der Waals surface area contributed by atoms with Gasteiger partial charge in [0.15, 0.2) is 34.0 Å². The minimum Gasteiger partial charge on any atom is -0.467 e. The molecule has 14 rings (SSSR count). The van der Waals surface area contributed by atoms with Crippen molar-refractivity contribution in [3.8, 4) is 28.7 Å². The predicted octanol–water partition coefficient (Wildman–Crippen LogP) is 24.8. The summed E-state index contributed by atoms with van der Waals surface area (Å²) < 4.78 is 55.1. The van der Waals surface area contributed by atoms with E-state index in [1.165, 1.54) is 92.2 Å². The van der Waals surface area contributed by atoms with Gasteiger partial charge in [0.05, 0.1) is 28.3 Å². The van der Waals surface area contributed by atoms with Gasteiger partial charge in [-0.3, -0.25) is 25.0 Å². The lowest BCUT2D eigenvalue weighted by molar-refractivity contribution is 0.0505. The lowest BCUT2D eigenvalue weighted by Crippen LogP contribution is -2.24. The summed E-state index contributed by atoms with van der Waals surface area (Å²) in [6.45, 7) is 38.1. The lowest BCUT2D eigenvalue weighted by Gasteiger charge is -2.29. The minimum atomic E-state index is -0.103. The van der Waals surface area contributed by atoms with E-state index in [0.29, 0.717) is 42.9 Å². The molecule has 0 fully saturated rings. The van der Waals surface area contributed by atoms with Crippen molar-refractivity contribution < 1.29 is 47.4 Å². The molecule has 14 aromatic rings. The average molecular weight is 1950 g/mol. The third kappa shape index (κ3) is 35.3. The quantitative estimate of drug-likeness (QED) is 0.0216. The average Bonchev–Trinajstić information content (AvgIpc) is 0.752. The zero-order chi connectivity index (χ0) is 99.7. The van der Waals surface area contributed by atoms with Gasteiger partial charge >= 0.3 is 0 Å². The van der Waals surface area contributed by atoms with Gasteiger partial charge in [-0.25, -0.2) is 0 Å². The molecular formula is C119H136N5O10P5. The van der Waals surface area contributed by atoms with Gasteiger partial charge in [0.1, 0.15) is 28.7 Å². The molecule has 0 saturated heterocycles. The second kappa shape index (κ2) is 56.0. The number of hydrogen-bond donors (Lipinski definition) is 0. The van der Waals surface area contributed by atoms with Crippen molar-refractivity contribution in [2.75, 3.05) is 69.5 Å². The van der Waals surface area contributed by atoms with Gasteiger partial charge in [0, 0.05) is 127 Å². The molecule has 0 amide bonds. The molecule has 0 spiro atoms. The van der Waals surface area contributed by atoms with Crippen LogP contribution in [-0.4, -0.2) is 106 Å². The number of hydrogen-bond acceptors (Lipinski definition) is 15. The van der Waals surface area contributed by atoms with E-state index in [-0.39, 0.29) is 50.3 Å². The van der Waals surface area contributed by atoms with Gasteiger partial charge in [-0.15, -0.1) is 0 Å². The first kappa shape index (κ1) is 109. The van der Waals surface area contributed by atoms with E-state index in [9.17, 15) is 0 Å². The maximum absolute atomic E-state index is 6.19. The van der Waals surface area contributed by atoms with Crippen molar-refractivity contribution >= 4 is 150 Å². The molecule has 0 aliphatic carbocycles. The second-order valence-corrected chi connectivity index (χ2v) is 42.7. The highest BCUT2D eigenvalue weighted by molar-refractivity contribution is 7.57. The number of benzene rings is 14. The number of aliphatic imine (C=N–C) groups is 5. The van der Waals surface area contributed by atoms with Crippen molar-refractivity contribution in [2.24, 2.45) is 25.0 Å². The Bertz CT molecular complexity index is 6300. The number of nitrogens with zero attached hydrogens (tertiary/aromatic N) is 5. The molecule has 0 saturated carbocycles. The van der Waals surface area contributed by atoms with E-state index in [2.05, 4.69) is 295 Å². The molecule has 5 unspecified atom stereocenters. The smallest absolute Gasteiger partial charge is 0.188 e. The fourth-order valence-electron chi connectivity index (χ4n) is 14.4. The van der Waals surface area contributed by atoms with Crippen molar-refractivity contribution in [3.05, 3.63) is 387 Å². The molecule has 0 heterocycles. The van der Waals surface area contributed by atoms with Gasteiger partial charge < -0.3 is 47.4 Å². The van der Waals surface area contributed by atoms with Gasteiger partial charge in [0.2, 0.25) is 0 Å². The fourth-order valence-corrected chi connectivity index (χ4v) is 21.3. The number of rotatable bonds is 34. The van der Waals surface area contributed by atoms with Crippen molar-refractivity contribution in [3.63, 3.8) is 0 Å². The fraction of sp³-hybridized carbons (Fsp3) is 0.252. The zero-order valence-electron chi connectivity index (χ0n) is 84.6. The summed E-state index contributed by atoms with van der Waals surface area (Å²) in [7, 11) is 10.6. The van der Waals surface area contributed by atoms with Crippen LogP contribution in [-0.2, 0) is 34.5 Å². The minimum absolute atomic E-state index is 0.0449. The molecule has 0 aromatic heterocycles. The molecule has 0 aliphatic rings. The monoisotopic (exact) mass is 1950 g/mol. The summed E-state index contributed by atoms with van der Waals surface area (Å²) in [6.07, 6.45) is 9.83. The highest BCUT2D eigenvalue weighted by atomic mass is 31.1. The van der Waals surface area contributed by atoms with Gasteiger partial charge in [-0.05, 0) is 237 Å². The van der Waals surface area contributed by atoms with E-state index in [1.807, 2.05) is 177 Å². The number of ether oxygens (including phenoxy) is 10. The van der Waals surface area contributed by atoms with E-state index < -0.39 is 0 Å². The third-order valence-corrected chi connectivity index (χ3v) is 29.3. The van der Waals surface area contributed by atoms with Crippen LogP contribution in [0.5, 0.6) is 28.7 Å². The van der Waals surface area contributed by atoms with Crippen molar-refractivity contribution in [1.82, 2.24) is 0 Å². The molecule has 0 radical (unpaired) electrons. The third-order valence-electron chi connectivity index (χ3n) is 21.6. The molecule has 5 atom stereocenters. The van der Waals surface area contributed by atoms with Crippen LogP contribution >= 0.6 is 42.9 Å². The second-order valence-electron chi connectivity index (χ2n) is 36.2. The first-order chi connectivity index (χ1) is 66.9. The largest absolute Gasteiger partial charge is 0.467 e. The maximum atomic E-state index is 6.19. The molecule has 0 bridgehead atoms.